The molecule has 0 heterocycles. The molecule has 0 amide bonds. The Kier molecular flexibility index (Phi) is 6.46. The van der Waals surface area contributed by atoms with Crippen molar-refractivity contribution >= 4 is 0 Å². The summed E-state index contributed by atoms with van der Waals surface area (Å²) in [5, 5.41) is 0. The van der Waals surface area contributed by atoms with E-state index >= 15 is 0 Å². The van der Waals surface area contributed by atoms with Crippen LogP contribution in [0.3, 0.4) is 0 Å². The van der Waals surface area contributed by atoms with E-state index in [9.17, 15) is 0 Å². The molecule has 0 aliphatic heterocycles. The number of rotatable bonds is 7. The summed E-state index contributed by atoms with van der Waals surface area (Å²) in [6, 6.07) is 10.1. The first-order valence-corrected chi connectivity index (χ1v) is 7.55. The number of hydrogen-bond acceptors (Lipinski definition) is 0. The van der Waals surface area contributed by atoms with Crippen molar-refractivity contribution in [2.45, 2.75) is 78.1 Å². The molecule has 0 bridgehead atoms. The van der Waals surface area contributed by atoms with Gasteiger partial charge in [0.15, 0.2) is 0 Å². The lowest BCUT2D eigenvalue weighted by atomic mass is 9.86. The molecule has 1 radical (unpaired) electrons. The van der Waals surface area contributed by atoms with Crippen molar-refractivity contribution in [3.05, 3.63) is 35.4 Å². The minimum Gasteiger partial charge on any atom is -0.0654 e. The fourth-order valence-corrected chi connectivity index (χ4v) is 2.17. The molecule has 1 aromatic carbocycles. The molecule has 0 aliphatic rings. The minimum absolute atomic E-state index is 0.245. The van der Waals surface area contributed by atoms with E-state index in [0.29, 0.717) is 0 Å². The summed E-state index contributed by atoms with van der Waals surface area (Å²) >= 11 is 0. The predicted octanol–water partition coefficient (Wildman–Crippen LogP) is 5.69. The highest BCUT2D eigenvalue weighted by Gasteiger charge is 2.12. The second-order valence-electron chi connectivity index (χ2n) is 6.37. The van der Waals surface area contributed by atoms with Gasteiger partial charge >= 0.3 is 0 Å². The van der Waals surface area contributed by atoms with Gasteiger partial charge in [0, 0.05) is 0 Å². The van der Waals surface area contributed by atoms with Crippen LogP contribution in [0.25, 0.3) is 0 Å². The van der Waals surface area contributed by atoms with Crippen LogP contribution in [0.1, 0.15) is 77.3 Å². The smallest absolute Gasteiger partial charge is 0.0132 e. The summed E-state index contributed by atoms with van der Waals surface area (Å²) in [4.78, 5) is 0. The quantitative estimate of drug-likeness (QED) is 0.541. The highest BCUT2D eigenvalue weighted by atomic mass is 14.2. The predicted molar refractivity (Wildman–Crippen MR) is 81.1 cm³/mol. The number of unbranched alkanes of at least 4 members (excludes halogenated alkanes) is 5. The van der Waals surface area contributed by atoms with E-state index < -0.39 is 0 Å². The molecule has 0 saturated heterocycles. The third kappa shape index (κ3) is 5.71. The van der Waals surface area contributed by atoms with Crippen molar-refractivity contribution in [1.82, 2.24) is 0 Å². The highest BCUT2D eigenvalue weighted by Crippen LogP contribution is 2.22. The lowest BCUT2D eigenvalue weighted by Crippen LogP contribution is -2.10. The Balaban J connectivity index is 2.27. The van der Waals surface area contributed by atoms with Crippen LogP contribution in [-0.2, 0) is 11.8 Å². The summed E-state index contributed by atoms with van der Waals surface area (Å²) in [6.07, 6.45) is 9.41. The average Bonchev–Trinajstić information content (AvgIpc) is 2.33. The van der Waals surface area contributed by atoms with Crippen LogP contribution in [0.15, 0.2) is 18.2 Å². The first kappa shape index (κ1) is 15.3. The van der Waals surface area contributed by atoms with Gasteiger partial charge in [-0.2, -0.15) is 0 Å². The SMILES string of the molecule is CCCCCCCCc1[c]cc(C(C)(C)C)cc1. The van der Waals surface area contributed by atoms with Crippen molar-refractivity contribution in [1.29, 1.82) is 0 Å². The Morgan fingerprint density at radius 1 is 0.944 bits per heavy atom. The first-order valence-electron chi connectivity index (χ1n) is 7.55. The molecular weight excluding hydrogens is 216 g/mol. The van der Waals surface area contributed by atoms with Gasteiger partial charge in [-0.25, -0.2) is 0 Å². The monoisotopic (exact) mass is 245 g/mol. The van der Waals surface area contributed by atoms with Crippen LogP contribution in [-0.4, -0.2) is 0 Å². The van der Waals surface area contributed by atoms with Crippen LogP contribution in [0.5, 0.6) is 0 Å². The maximum absolute atomic E-state index is 3.45. The zero-order valence-electron chi connectivity index (χ0n) is 12.7. The summed E-state index contributed by atoms with van der Waals surface area (Å²) in [7, 11) is 0. The van der Waals surface area contributed by atoms with Gasteiger partial charge in [0.05, 0.1) is 0 Å². The standard InChI is InChI=1S/C18H29/c1-5-6-7-8-9-10-11-16-12-14-17(15-13-16)18(2,3)4/h12,14-15H,5-11H2,1-4H3. The molecule has 0 heteroatoms. The molecule has 0 aromatic heterocycles. The first-order chi connectivity index (χ1) is 8.54. The van der Waals surface area contributed by atoms with Gasteiger partial charge in [0.25, 0.3) is 0 Å². The summed E-state index contributed by atoms with van der Waals surface area (Å²) < 4.78 is 0. The zero-order valence-corrected chi connectivity index (χ0v) is 12.7. The van der Waals surface area contributed by atoms with Crippen LogP contribution in [0, 0.1) is 6.07 Å². The van der Waals surface area contributed by atoms with Crippen molar-refractivity contribution in [3.63, 3.8) is 0 Å². The molecule has 18 heavy (non-hydrogen) atoms. The van der Waals surface area contributed by atoms with Crippen LogP contribution < -0.4 is 0 Å². The molecule has 0 atom stereocenters. The zero-order chi connectivity index (χ0) is 13.4. The summed E-state index contributed by atoms with van der Waals surface area (Å²) in [6.45, 7) is 9.03. The normalized spacial score (nSPS) is 11.8. The Bertz CT molecular complexity index is 313. The molecule has 0 N–H and O–H groups in total. The molecule has 0 fully saturated rings. The molecule has 0 spiro atoms. The van der Waals surface area contributed by atoms with Gasteiger partial charge in [-0.15, -0.1) is 0 Å². The lowest BCUT2D eigenvalue weighted by Gasteiger charge is -2.18. The van der Waals surface area contributed by atoms with Gasteiger partial charge in [-0.05, 0) is 35.4 Å². The van der Waals surface area contributed by atoms with Crippen molar-refractivity contribution in [3.8, 4) is 0 Å². The fraction of sp³-hybridized carbons (Fsp3) is 0.667. The van der Waals surface area contributed by atoms with Crippen molar-refractivity contribution in [2.75, 3.05) is 0 Å². The van der Waals surface area contributed by atoms with Crippen LogP contribution in [0.2, 0.25) is 0 Å². The largest absolute Gasteiger partial charge is 0.0654 e. The van der Waals surface area contributed by atoms with E-state index in [4.69, 9.17) is 0 Å². The van der Waals surface area contributed by atoms with E-state index in [0.717, 1.165) is 0 Å². The molecule has 0 unspecified atom stereocenters. The van der Waals surface area contributed by atoms with Gasteiger partial charge in [-0.1, -0.05) is 78.0 Å². The topological polar surface area (TPSA) is 0 Å². The van der Waals surface area contributed by atoms with Gasteiger partial charge in [0.2, 0.25) is 0 Å². The van der Waals surface area contributed by atoms with Gasteiger partial charge in [-0.3, -0.25) is 0 Å². The molecule has 0 aliphatic carbocycles. The second-order valence-corrected chi connectivity index (χ2v) is 6.37. The molecule has 1 aromatic rings. The third-order valence-electron chi connectivity index (χ3n) is 3.54. The maximum Gasteiger partial charge on any atom is -0.0132 e. The molecule has 1 rings (SSSR count). The fourth-order valence-electron chi connectivity index (χ4n) is 2.17. The van der Waals surface area contributed by atoms with E-state index in [1.807, 2.05) is 0 Å². The third-order valence-corrected chi connectivity index (χ3v) is 3.54. The van der Waals surface area contributed by atoms with Crippen LogP contribution in [0.4, 0.5) is 0 Å². The molecule has 101 valence electrons. The second kappa shape index (κ2) is 7.61. The Hall–Kier alpha value is -0.780. The van der Waals surface area contributed by atoms with Gasteiger partial charge < -0.3 is 0 Å². The number of aryl methyl sites for hydroxylation is 1. The van der Waals surface area contributed by atoms with Crippen molar-refractivity contribution in [2.24, 2.45) is 0 Å². The minimum atomic E-state index is 0.245. The number of hydrogen-bond donors (Lipinski definition) is 0. The summed E-state index contributed by atoms with van der Waals surface area (Å²) in [5.74, 6) is 0. The van der Waals surface area contributed by atoms with E-state index in [-0.39, 0.29) is 5.41 Å². The van der Waals surface area contributed by atoms with E-state index in [1.165, 1.54) is 56.1 Å². The Labute approximate surface area is 114 Å². The lowest BCUT2D eigenvalue weighted by molar-refractivity contribution is 0.588. The summed E-state index contributed by atoms with van der Waals surface area (Å²) in [5.41, 5.74) is 3.00. The molecular formula is C18H29. The van der Waals surface area contributed by atoms with E-state index in [1.54, 1.807) is 0 Å². The molecule has 0 nitrogen and oxygen atoms in total. The average molecular weight is 245 g/mol. The molecule has 0 saturated carbocycles. The van der Waals surface area contributed by atoms with Crippen molar-refractivity contribution < 1.29 is 0 Å². The Morgan fingerprint density at radius 3 is 2.17 bits per heavy atom. The van der Waals surface area contributed by atoms with Crippen LogP contribution >= 0.6 is 0 Å². The highest BCUT2D eigenvalue weighted by molar-refractivity contribution is 5.26. The van der Waals surface area contributed by atoms with Gasteiger partial charge in [0.1, 0.15) is 0 Å². The van der Waals surface area contributed by atoms with E-state index in [2.05, 4.69) is 52.0 Å². The number of benzene rings is 1. The Morgan fingerprint density at radius 2 is 1.61 bits per heavy atom. The maximum atomic E-state index is 3.45.